The second kappa shape index (κ2) is 6.50. The minimum Gasteiger partial charge on any atom is -0.317 e. The molecule has 0 heterocycles. The Kier molecular flexibility index (Phi) is 4.98. The van der Waals surface area contributed by atoms with E-state index in [1.807, 2.05) is 7.05 Å². The van der Waals surface area contributed by atoms with E-state index in [9.17, 15) is 4.39 Å². The molecule has 0 spiro atoms. The van der Waals surface area contributed by atoms with E-state index in [0.29, 0.717) is 29.2 Å². The molecule has 0 amide bonds. The molecule has 0 saturated heterocycles. The maximum Gasteiger partial charge on any atom is 0.127 e. The minimum atomic E-state index is -0.184. The van der Waals surface area contributed by atoms with Crippen molar-refractivity contribution in [1.82, 2.24) is 10.6 Å². The minimum absolute atomic E-state index is 0.184. The number of halogens is 2. The summed E-state index contributed by atoms with van der Waals surface area (Å²) in [6.07, 6.45) is 4.67. The van der Waals surface area contributed by atoms with Gasteiger partial charge in [-0.15, -0.1) is 0 Å². The molecule has 1 saturated carbocycles. The molecule has 0 unspecified atom stereocenters. The van der Waals surface area contributed by atoms with Crippen LogP contribution in [0.4, 0.5) is 4.39 Å². The quantitative estimate of drug-likeness (QED) is 0.879. The zero-order valence-electron chi connectivity index (χ0n) is 10.7. The summed E-state index contributed by atoms with van der Waals surface area (Å²) < 4.78 is 13.5. The number of rotatable bonds is 4. The molecule has 2 nitrogen and oxygen atoms in total. The molecular weight excluding hydrogens is 251 g/mol. The Bertz CT molecular complexity index is 389. The first-order valence-corrected chi connectivity index (χ1v) is 6.91. The summed E-state index contributed by atoms with van der Waals surface area (Å²) in [5.41, 5.74) is 0.651. The Morgan fingerprint density at radius 1 is 1.22 bits per heavy atom. The third kappa shape index (κ3) is 3.67. The van der Waals surface area contributed by atoms with Crippen molar-refractivity contribution in [2.24, 2.45) is 0 Å². The van der Waals surface area contributed by atoms with Gasteiger partial charge in [-0.1, -0.05) is 11.6 Å². The van der Waals surface area contributed by atoms with Crippen LogP contribution in [0.2, 0.25) is 5.02 Å². The van der Waals surface area contributed by atoms with E-state index >= 15 is 0 Å². The standard InChI is InChI=1S/C14H20ClFN2/c1-17-12-3-5-13(6-4-12)18-9-10-8-11(15)2-7-14(10)16/h2,7-8,12-13,17-18H,3-6,9H2,1H3. The lowest BCUT2D eigenvalue weighted by Gasteiger charge is -2.29. The van der Waals surface area contributed by atoms with E-state index in [1.54, 1.807) is 12.1 Å². The van der Waals surface area contributed by atoms with E-state index < -0.39 is 0 Å². The van der Waals surface area contributed by atoms with Gasteiger partial charge in [0.15, 0.2) is 0 Å². The van der Waals surface area contributed by atoms with Gasteiger partial charge in [-0.2, -0.15) is 0 Å². The lowest BCUT2D eigenvalue weighted by Crippen LogP contribution is -2.38. The van der Waals surface area contributed by atoms with Crippen molar-refractivity contribution in [3.05, 3.63) is 34.6 Å². The zero-order chi connectivity index (χ0) is 13.0. The summed E-state index contributed by atoms with van der Waals surface area (Å²) in [6.45, 7) is 0.557. The van der Waals surface area contributed by atoms with E-state index in [-0.39, 0.29) is 5.82 Å². The van der Waals surface area contributed by atoms with Crippen LogP contribution < -0.4 is 10.6 Å². The molecule has 18 heavy (non-hydrogen) atoms. The van der Waals surface area contributed by atoms with Gasteiger partial charge in [0.1, 0.15) is 5.82 Å². The number of benzene rings is 1. The van der Waals surface area contributed by atoms with Crippen molar-refractivity contribution in [3.63, 3.8) is 0 Å². The van der Waals surface area contributed by atoms with Gasteiger partial charge in [0.25, 0.3) is 0 Å². The molecule has 1 aliphatic rings. The molecular formula is C14H20ClFN2. The molecule has 0 aliphatic heterocycles. The van der Waals surface area contributed by atoms with E-state index in [2.05, 4.69) is 10.6 Å². The van der Waals surface area contributed by atoms with Gasteiger partial charge in [0.2, 0.25) is 0 Å². The van der Waals surface area contributed by atoms with Gasteiger partial charge in [-0.25, -0.2) is 4.39 Å². The molecule has 0 radical (unpaired) electrons. The first-order chi connectivity index (χ1) is 8.69. The molecule has 1 aliphatic carbocycles. The third-order valence-corrected chi connectivity index (χ3v) is 3.96. The van der Waals surface area contributed by atoms with Gasteiger partial charge in [0, 0.05) is 29.2 Å². The predicted molar refractivity (Wildman–Crippen MR) is 73.4 cm³/mol. The summed E-state index contributed by atoms with van der Waals surface area (Å²) in [5.74, 6) is -0.184. The predicted octanol–water partition coefficient (Wildman–Crippen LogP) is 3.10. The lowest BCUT2D eigenvalue weighted by atomic mass is 9.91. The Morgan fingerprint density at radius 2 is 1.89 bits per heavy atom. The van der Waals surface area contributed by atoms with Crippen molar-refractivity contribution in [2.45, 2.75) is 44.3 Å². The van der Waals surface area contributed by atoms with Crippen LogP contribution in [0.15, 0.2) is 18.2 Å². The van der Waals surface area contributed by atoms with Crippen LogP contribution in [0.25, 0.3) is 0 Å². The van der Waals surface area contributed by atoms with Gasteiger partial charge >= 0.3 is 0 Å². The summed E-state index contributed by atoms with van der Waals surface area (Å²) >= 11 is 5.87. The molecule has 0 atom stereocenters. The normalized spacial score (nSPS) is 24.2. The molecule has 1 aromatic rings. The summed E-state index contributed by atoms with van der Waals surface area (Å²) in [5, 5.41) is 7.32. The van der Waals surface area contributed by atoms with Crippen LogP contribution in [0.5, 0.6) is 0 Å². The molecule has 4 heteroatoms. The largest absolute Gasteiger partial charge is 0.317 e. The third-order valence-electron chi connectivity index (χ3n) is 3.72. The average molecular weight is 271 g/mol. The fourth-order valence-electron chi connectivity index (χ4n) is 2.52. The van der Waals surface area contributed by atoms with Crippen molar-refractivity contribution in [1.29, 1.82) is 0 Å². The van der Waals surface area contributed by atoms with Gasteiger partial charge in [0.05, 0.1) is 0 Å². The lowest BCUT2D eigenvalue weighted by molar-refractivity contribution is 0.316. The highest BCUT2D eigenvalue weighted by Crippen LogP contribution is 2.20. The fraction of sp³-hybridized carbons (Fsp3) is 0.571. The molecule has 0 bridgehead atoms. The zero-order valence-corrected chi connectivity index (χ0v) is 11.4. The van der Waals surface area contributed by atoms with E-state index in [4.69, 9.17) is 11.6 Å². The second-order valence-electron chi connectivity index (χ2n) is 4.95. The van der Waals surface area contributed by atoms with Gasteiger partial charge in [-0.3, -0.25) is 0 Å². The number of hydrogen-bond donors (Lipinski definition) is 2. The topological polar surface area (TPSA) is 24.1 Å². The molecule has 2 rings (SSSR count). The summed E-state index contributed by atoms with van der Waals surface area (Å²) in [4.78, 5) is 0. The number of nitrogens with one attached hydrogen (secondary N) is 2. The molecule has 0 aromatic heterocycles. The Hall–Kier alpha value is -0.640. The molecule has 2 N–H and O–H groups in total. The smallest absolute Gasteiger partial charge is 0.127 e. The summed E-state index contributed by atoms with van der Waals surface area (Å²) in [6, 6.07) is 5.85. The molecule has 1 fully saturated rings. The van der Waals surface area contributed by atoms with Crippen LogP contribution in [0.3, 0.4) is 0 Å². The second-order valence-corrected chi connectivity index (χ2v) is 5.39. The van der Waals surface area contributed by atoms with Crippen LogP contribution in [0.1, 0.15) is 31.2 Å². The molecule has 1 aromatic carbocycles. The van der Waals surface area contributed by atoms with Crippen molar-refractivity contribution in [2.75, 3.05) is 7.05 Å². The maximum absolute atomic E-state index is 13.5. The van der Waals surface area contributed by atoms with Gasteiger partial charge in [-0.05, 0) is 50.9 Å². The Balaban J connectivity index is 1.83. The highest BCUT2D eigenvalue weighted by atomic mass is 35.5. The fourth-order valence-corrected chi connectivity index (χ4v) is 2.71. The van der Waals surface area contributed by atoms with Gasteiger partial charge < -0.3 is 10.6 Å². The van der Waals surface area contributed by atoms with Crippen molar-refractivity contribution >= 4 is 11.6 Å². The number of hydrogen-bond acceptors (Lipinski definition) is 2. The Labute approximate surface area is 113 Å². The summed E-state index contributed by atoms with van der Waals surface area (Å²) in [7, 11) is 2.01. The Morgan fingerprint density at radius 3 is 2.56 bits per heavy atom. The maximum atomic E-state index is 13.5. The highest BCUT2D eigenvalue weighted by Gasteiger charge is 2.19. The SMILES string of the molecule is CNC1CCC(NCc2cc(Cl)ccc2F)CC1. The van der Waals surface area contributed by atoms with E-state index in [1.165, 1.54) is 18.9 Å². The first kappa shape index (κ1) is 13.8. The van der Waals surface area contributed by atoms with Crippen LogP contribution >= 0.6 is 11.6 Å². The molecule has 100 valence electrons. The van der Waals surface area contributed by atoms with Crippen molar-refractivity contribution in [3.8, 4) is 0 Å². The van der Waals surface area contributed by atoms with Crippen LogP contribution in [0, 0.1) is 5.82 Å². The highest BCUT2D eigenvalue weighted by molar-refractivity contribution is 6.30. The van der Waals surface area contributed by atoms with E-state index in [0.717, 1.165) is 12.8 Å². The first-order valence-electron chi connectivity index (χ1n) is 6.53. The van der Waals surface area contributed by atoms with Crippen LogP contribution in [-0.4, -0.2) is 19.1 Å². The van der Waals surface area contributed by atoms with Crippen molar-refractivity contribution < 1.29 is 4.39 Å². The monoisotopic (exact) mass is 270 g/mol. The van der Waals surface area contributed by atoms with Crippen LogP contribution in [-0.2, 0) is 6.54 Å². The average Bonchev–Trinajstić information content (AvgIpc) is 2.40.